The molecular weight excluding hydrogens is 230 g/mol. The first-order valence-corrected chi connectivity index (χ1v) is 8.62. The maximum atomic E-state index is 12.2. The van der Waals surface area contributed by atoms with E-state index in [1.54, 1.807) is 0 Å². The van der Waals surface area contributed by atoms with Gasteiger partial charge in [-0.3, -0.25) is 4.21 Å². The second kappa shape index (κ2) is 8.25. The molecule has 1 fully saturated rings. The van der Waals surface area contributed by atoms with E-state index in [-0.39, 0.29) is 0 Å². The molecule has 17 heavy (non-hydrogen) atoms. The highest BCUT2D eigenvalue weighted by molar-refractivity contribution is 7.85. The van der Waals surface area contributed by atoms with Gasteiger partial charge in [-0.05, 0) is 45.1 Å². The Labute approximate surface area is 109 Å². The van der Waals surface area contributed by atoms with Gasteiger partial charge >= 0.3 is 0 Å². The minimum atomic E-state index is -0.593. The lowest BCUT2D eigenvalue weighted by molar-refractivity contribution is 0.389. The van der Waals surface area contributed by atoms with Crippen molar-refractivity contribution in [1.82, 2.24) is 5.32 Å². The number of hydrogen-bond acceptors (Lipinski definition) is 2. The molecule has 0 aliphatic heterocycles. The lowest BCUT2D eigenvalue weighted by Crippen LogP contribution is -2.30. The molecule has 4 unspecified atom stereocenters. The SMILES string of the molecule is CCCNC(C)CCS(=O)C1CCCC(C)C1. The third-order valence-electron chi connectivity index (χ3n) is 3.75. The molecule has 0 saturated heterocycles. The Kier molecular flexibility index (Phi) is 7.36. The third kappa shape index (κ3) is 6.01. The van der Waals surface area contributed by atoms with Crippen LogP contribution in [0.5, 0.6) is 0 Å². The number of nitrogens with one attached hydrogen (secondary N) is 1. The van der Waals surface area contributed by atoms with Crippen LogP contribution in [0.1, 0.15) is 59.3 Å². The summed E-state index contributed by atoms with van der Waals surface area (Å²) >= 11 is 0. The molecule has 1 aliphatic rings. The first kappa shape index (κ1) is 15.2. The van der Waals surface area contributed by atoms with Gasteiger partial charge in [0.2, 0.25) is 0 Å². The summed E-state index contributed by atoms with van der Waals surface area (Å²) in [4.78, 5) is 0. The minimum absolute atomic E-state index is 0.483. The molecule has 0 aromatic rings. The summed E-state index contributed by atoms with van der Waals surface area (Å²) in [6, 6.07) is 0.514. The normalized spacial score (nSPS) is 28.9. The maximum Gasteiger partial charge on any atom is 0.0350 e. The topological polar surface area (TPSA) is 29.1 Å². The van der Waals surface area contributed by atoms with Gasteiger partial charge in [-0.1, -0.05) is 26.7 Å². The van der Waals surface area contributed by atoms with Crippen LogP contribution in [0.4, 0.5) is 0 Å². The standard InChI is InChI=1S/C14H29NOS/c1-4-9-15-13(3)8-10-17(16)14-7-5-6-12(2)11-14/h12-15H,4-11H2,1-3H3. The maximum absolute atomic E-state index is 12.2. The van der Waals surface area contributed by atoms with Crippen molar-refractivity contribution < 1.29 is 4.21 Å². The van der Waals surface area contributed by atoms with Crippen molar-refractivity contribution in [2.45, 2.75) is 70.6 Å². The zero-order valence-corrected chi connectivity index (χ0v) is 12.5. The van der Waals surface area contributed by atoms with E-state index in [1.807, 2.05) is 0 Å². The summed E-state index contributed by atoms with van der Waals surface area (Å²) < 4.78 is 12.2. The largest absolute Gasteiger partial charge is 0.314 e. The Morgan fingerprint density at radius 3 is 2.82 bits per heavy atom. The van der Waals surface area contributed by atoms with Gasteiger partial charge in [0.15, 0.2) is 0 Å². The van der Waals surface area contributed by atoms with Crippen LogP contribution in [-0.2, 0) is 10.8 Å². The first-order chi connectivity index (χ1) is 8.13. The van der Waals surface area contributed by atoms with Gasteiger partial charge in [0.05, 0.1) is 0 Å². The third-order valence-corrected chi connectivity index (χ3v) is 5.56. The van der Waals surface area contributed by atoms with Crippen LogP contribution in [0.25, 0.3) is 0 Å². The molecule has 0 heterocycles. The zero-order valence-electron chi connectivity index (χ0n) is 11.7. The van der Waals surface area contributed by atoms with Gasteiger partial charge in [-0.25, -0.2) is 0 Å². The fourth-order valence-electron chi connectivity index (χ4n) is 2.57. The van der Waals surface area contributed by atoms with E-state index in [2.05, 4.69) is 26.1 Å². The van der Waals surface area contributed by atoms with Crippen molar-refractivity contribution in [2.75, 3.05) is 12.3 Å². The van der Waals surface area contributed by atoms with Crippen molar-refractivity contribution in [1.29, 1.82) is 0 Å². The molecule has 1 saturated carbocycles. The van der Waals surface area contributed by atoms with E-state index in [0.29, 0.717) is 11.3 Å². The van der Waals surface area contributed by atoms with E-state index < -0.39 is 10.8 Å². The Bertz CT molecular complexity index is 232. The number of rotatable bonds is 7. The molecule has 1 aliphatic carbocycles. The first-order valence-electron chi connectivity index (χ1n) is 7.24. The summed E-state index contributed by atoms with van der Waals surface area (Å²) in [6.07, 6.45) is 7.21. The summed E-state index contributed by atoms with van der Waals surface area (Å²) in [6.45, 7) is 7.76. The lowest BCUT2D eigenvalue weighted by Gasteiger charge is -2.26. The van der Waals surface area contributed by atoms with E-state index >= 15 is 0 Å². The van der Waals surface area contributed by atoms with Crippen LogP contribution in [0.2, 0.25) is 0 Å². The molecule has 0 aromatic carbocycles. The Morgan fingerprint density at radius 2 is 2.18 bits per heavy atom. The molecular formula is C14H29NOS. The molecule has 0 aromatic heterocycles. The highest BCUT2D eigenvalue weighted by Gasteiger charge is 2.23. The van der Waals surface area contributed by atoms with Gasteiger partial charge in [0.25, 0.3) is 0 Å². The average Bonchev–Trinajstić information content (AvgIpc) is 2.33. The smallest absolute Gasteiger partial charge is 0.0350 e. The van der Waals surface area contributed by atoms with E-state index in [1.165, 1.54) is 32.1 Å². The predicted octanol–water partition coefficient (Wildman–Crippen LogP) is 3.09. The Hall–Kier alpha value is 0.110. The van der Waals surface area contributed by atoms with Crippen LogP contribution < -0.4 is 5.32 Å². The molecule has 1 N–H and O–H groups in total. The van der Waals surface area contributed by atoms with E-state index in [9.17, 15) is 4.21 Å². The van der Waals surface area contributed by atoms with Crippen LogP contribution in [-0.4, -0.2) is 27.8 Å². The summed E-state index contributed by atoms with van der Waals surface area (Å²) in [7, 11) is -0.593. The van der Waals surface area contributed by atoms with Gasteiger partial charge < -0.3 is 5.32 Å². The van der Waals surface area contributed by atoms with Crippen LogP contribution >= 0.6 is 0 Å². The monoisotopic (exact) mass is 259 g/mol. The van der Waals surface area contributed by atoms with Crippen molar-refractivity contribution in [3.63, 3.8) is 0 Å². The fourth-order valence-corrected chi connectivity index (χ4v) is 4.46. The van der Waals surface area contributed by atoms with Crippen LogP contribution in [0.15, 0.2) is 0 Å². The van der Waals surface area contributed by atoms with Gasteiger partial charge in [-0.2, -0.15) is 0 Å². The van der Waals surface area contributed by atoms with Crippen molar-refractivity contribution in [3.8, 4) is 0 Å². The van der Waals surface area contributed by atoms with E-state index in [4.69, 9.17) is 0 Å². The molecule has 0 amide bonds. The molecule has 0 bridgehead atoms. The average molecular weight is 259 g/mol. The minimum Gasteiger partial charge on any atom is -0.314 e. The fraction of sp³-hybridized carbons (Fsp3) is 1.00. The van der Waals surface area contributed by atoms with Crippen molar-refractivity contribution in [2.24, 2.45) is 5.92 Å². The summed E-state index contributed by atoms with van der Waals surface area (Å²) in [5.74, 6) is 1.67. The quantitative estimate of drug-likeness (QED) is 0.761. The highest BCUT2D eigenvalue weighted by atomic mass is 32.2. The van der Waals surface area contributed by atoms with Gasteiger partial charge in [0, 0.05) is 27.8 Å². The predicted molar refractivity (Wildman–Crippen MR) is 76.8 cm³/mol. The van der Waals surface area contributed by atoms with E-state index in [0.717, 1.165) is 24.6 Å². The second-order valence-electron chi connectivity index (χ2n) is 5.62. The highest BCUT2D eigenvalue weighted by Crippen LogP contribution is 2.27. The molecule has 1 rings (SSSR count). The molecule has 0 spiro atoms. The number of hydrogen-bond donors (Lipinski definition) is 1. The molecule has 0 radical (unpaired) electrons. The lowest BCUT2D eigenvalue weighted by atomic mass is 9.91. The molecule has 4 atom stereocenters. The summed E-state index contributed by atoms with van der Waals surface area (Å²) in [5, 5.41) is 3.95. The van der Waals surface area contributed by atoms with Gasteiger partial charge in [-0.15, -0.1) is 0 Å². The Morgan fingerprint density at radius 1 is 1.41 bits per heavy atom. The van der Waals surface area contributed by atoms with Crippen molar-refractivity contribution in [3.05, 3.63) is 0 Å². The Balaban J connectivity index is 2.19. The molecule has 2 nitrogen and oxygen atoms in total. The van der Waals surface area contributed by atoms with Crippen LogP contribution in [0.3, 0.4) is 0 Å². The molecule has 102 valence electrons. The summed E-state index contributed by atoms with van der Waals surface area (Å²) in [5.41, 5.74) is 0. The zero-order chi connectivity index (χ0) is 12.7. The van der Waals surface area contributed by atoms with Gasteiger partial charge in [0.1, 0.15) is 0 Å². The van der Waals surface area contributed by atoms with Crippen molar-refractivity contribution >= 4 is 10.8 Å². The van der Waals surface area contributed by atoms with Crippen LogP contribution in [0, 0.1) is 5.92 Å². The molecule has 3 heteroatoms. The second-order valence-corrected chi connectivity index (χ2v) is 7.46.